The van der Waals surface area contributed by atoms with Crippen LogP contribution >= 0.6 is 12.2 Å². The quantitative estimate of drug-likeness (QED) is 0.402. The number of ether oxygens (including phenoxy) is 1. The van der Waals surface area contributed by atoms with E-state index in [2.05, 4.69) is 6.58 Å². The molecule has 0 aliphatic heterocycles. The smallest absolute Gasteiger partial charge is 0.170 e. The molecule has 88 valence electrons. The minimum Gasteiger partial charge on any atom is -0.450 e. The van der Waals surface area contributed by atoms with Crippen molar-refractivity contribution in [2.24, 2.45) is 5.92 Å². The third-order valence-electron chi connectivity index (χ3n) is 2.81. The average molecular weight is 236 g/mol. The zero-order valence-electron chi connectivity index (χ0n) is 9.95. The van der Waals surface area contributed by atoms with E-state index in [0.29, 0.717) is 5.92 Å². The van der Waals surface area contributed by atoms with Gasteiger partial charge in [0.15, 0.2) is 5.05 Å². The number of thiocarbonyl (C=S) groups is 1. The molecule has 1 saturated carbocycles. The Kier molecular flexibility index (Phi) is 6.09. The maximum Gasteiger partial charge on any atom is 0.170 e. The molecule has 0 radical (unpaired) electrons. The van der Waals surface area contributed by atoms with Crippen LogP contribution in [0.15, 0.2) is 36.6 Å². The van der Waals surface area contributed by atoms with Gasteiger partial charge >= 0.3 is 0 Å². The third-order valence-corrected chi connectivity index (χ3v) is 3.23. The van der Waals surface area contributed by atoms with Crippen LogP contribution in [0.3, 0.4) is 0 Å². The Morgan fingerprint density at radius 2 is 2.00 bits per heavy atom. The summed E-state index contributed by atoms with van der Waals surface area (Å²) >= 11 is 5.33. The van der Waals surface area contributed by atoms with Gasteiger partial charge in [-0.25, -0.2) is 0 Å². The van der Waals surface area contributed by atoms with Crippen molar-refractivity contribution in [3.63, 3.8) is 0 Å². The first-order chi connectivity index (χ1) is 7.77. The number of allylic oxidation sites excluding steroid dienone is 4. The second-order valence-corrected chi connectivity index (χ2v) is 4.46. The average Bonchev–Trinajstić information content (AvgIpc) is 2.35. The normalized spacial score (nSPS) is 18.7. The zero-order valence-corrected chi connectivity index (χ0v) is 10.8. The molecule has 1 aliphatic carbocycles. The zero-order chi connectivity index (χ0) is 11.8. The van der Waals surface area contributed by atoms with Gasteiger partial charge < -0.3 is 4.74 Å². The fourth-order valence-electron chi connectivity index (χ4n) is 1.87. The Morgan fingerprint density at radius 1 is 1.31 bits per heavy atom. The predicted molar refractivity (Wildman–Crippen MR) is 73.4 cm³/mol. The largest absolute Gasteiger partial charge is 0.450 e. The minimum absolute atomic E-state index is 0.456. The molecule has 0 amide bonds. The van der Waals surface area contributed by atoms with Crippen LogP contribution in [0.25, 0.3) is 0 Å². The molecule has 0 aromatic carbocycles. The molecule has 0 N–H and O–H groups in total. The van der Waals surface area contributed by atoms with Crippen LogP contribution in [0, 0.1) is 5.92 Å². The maximum absolute atomic E-state index is 5.66. The van der Waals surface area contributed by atoms with E-state index in [-0.39, 0.29) is 0 Å². The van der Waals surface area contributed by atoms with Gasteiger partial charge in [-0.2, -0.15) is 0 Å². The van der Waals surface area contributed by atoms with E-state index in [1.54, 1.807) is 6.08 Å². The minimum atomic E-state index is 0.456. The van der Waals surface area contributed by atoms with E-state index < -0.39 is 0 Å². The molecule has 0 atom stereocenters. The Bertz CT molecular complexity index is 296. The summed E-state index contributed by atoms with van der Waals surface area (Å²) in [6.45, 7) is 5.69. The van der Waals surface area contributed by atoms with Gasteiger partial charge in [0.25, 0.3) is 0 Å². The standard InChI is InChI=1S/C14H20OS/c1-3-5-11-13(4-2)15-14(16)12-9-7-6-8-10-12/h3-5,11-12H,2,6-10H2,1H3/b5-3-,13-11+. The lowest BCUT2D eigenvalue weighted by Gasteiger charge is -2.22. The lowest BCUT2D eigenvalue weighted by molar-refractivity contribution is 0.355. The van der Waals surface area contributed by atoms with Gasteiger partial charge in [-0.05, 0) is 44.1 Å². The molecule has 0 saturated heterocycles. The number of rotatable bonds is 4. The SMILES string of the molecule is C=C/C(=C\C=C/C)OC(=S)C1CCCCC1. The van der Waals surface area contributed by atoms with Crippen molar-refractivity contribution < 1.29 is 4.74 Å². The van der Waals surface area contributed by atoms with Crippen molar-refractivity contribution in [2.45, 2.75) is 39.0 Å². The highest BCUT2D eigenvalue weighted by molar-refractivity contribution is 7.80. The monoisotopic (exact) mass is 236 g/mol. The summed E-state index contributed by atoms with van der Waals surface area (Å²) in [5.41, 5.74) is 0. The Hall–Kier alpha value is -0.890. The summed E-state index contributed by atoms with van der Waals surface area (Å²) in [7, 11) is 0. The highest BCUT2D eigenvalue weighted by Gasteiger charge is 2.19. The molecular formula is C14H20OS. The maximum atomic E-state index is 5.66. The first-order valence-electron chi connectivity index (χ1n) is 5.95. The van der Waals surface area contributed by atoms with Crippen molar-refractivity contribution in [3.05, 3.63) is 36.6 Å². The van der Waals surface area contributed by atoms with Crippen LogP contribution in [0.2, 0.25) is 0 Å². The van der Waals surface area contributed by atoms with Gasteiger partial charge in [-0.1, -0.05) is 38.0 Å². The molecule has 0 aromatic heterocycles. The first-order valence-corrected chi connectivity index (χ1v) is 6.36. The summed E-state index contributed by atoms with van der Waals surface area (Å²) in [5, 5.41) is 0.732. The fourth-order valence-corrected chi connectivity index (χ4v) is 2.20. The third kappa shape index (κ3) is 4.31. The molecule has 1 fully saturated rings. The van der Waals surface area contributed by atoms with E-state index in [1.165, 1.54) is 32.1 Å². The molecule has 2 heteroatoms. The van der Waals surface area contributed by atoms with Crippen LogP contribution < -0.4 is 0 Å². The van der Waals surface area contributed by atoms with Crippen LogP contribution in [0.1, 0.15) is 39.0 Å². The van der Waals surface area contributed by atoms with Gasteiger partial charge in [0.2, 0.25) is 0 Å². The number of hydrogen-bond acceptors (Lipinski definition) is 2. The summed E-state index contributed by atoms with van der Waals surface area (Å²) < 4.78 is 5.66. The first kappa shape index (κ1) is 13.2. The molecule has 0 heterocycles. The molecule has 0 spiro atoms. The van der Waals surface area contributed by atoms with E-state index >= 15 is 0 Å². The fraction of sp³-hybridized carbons (Fsp3) is 0.500. The highest BCUT2D eigenvalue weighted by atomic mass is 32.1. The van der Waals surface area contributed by atoms with Gasteiger partial charge in [-0.15, -0.1) is 0 Å². The topological polar surface area (TPSA) is 9.23 Å². The van der Waals surface area contributed by atoms with E-state index in [9.17, 15) is 0 Å². The molecular weight excluding hydrogens is 216 g/mol. The van der Waals surface area contributed by atoms with Crippen molar-refractivity contribution in [1.82, 2.24) is 0 Å². The van der Waals surface area contributed by atoms with Crippen molar-refractivity contribution in [1.29, 1.82) is 0 Å². The second kappa shape index (κ2) is 7.39. The summed E-state index contributed by atoms with van der Waals surface area (Å²) in [4.78, 5) is 0. The Balaban J connectivity index is 2.50. The van der Waals surface area contributed by atoms with Gasteiger partial charge in [0, 0.05) is 5.92 Å². The molecule has 16 heavy (non-hydrogen) atoms. The molecule has 0 unspecified atom stereocenters. The molecule has 0 bridgehead atoms. The van der Waals surface area contributed by atoms with Gasteiger partial charge in [0.1, 0.15) is 5.76 Å². The second-order valence-electron chi connectivity index (χ2n) is 4.05. The van der Waals surface area contributed by atoms with Crippen molar-refractivity contribution >= 4 is 17.3 Å². The molecule has 1 aliphatic rings. The van der Waals surface area contributed by atoms with Crippen LogP contribution in [-0.2, 0) is 4.74 Å². The highest BCUT2D eigenvalue weighted by Crippen LogP contribution is 2.26. The van der Waals surface area contributed by atoms with Crippen LogP contribution in [0.4, 0.5) is 0 Å². The molecule has 0 aromatic rings. The molecule has 1 rings (SSSR count). The summed E-state index contributed by atoms with van der Waals surface area (Å²) in [6.07, 6.45) is 13.7. The summed E-state index contributed by atoms with van der Waals surface area (Å²) in [5.74, 6) is 1.20. The van der Waals surface area contributed by atoms with Crippen molar-refractivity contribution in [3.8, 4) is 0 Å². The molecule has 1 nitrogen and oxygen atoms in total. The van der Waals surface area contributed by atoms with Crippen LogP contribution in [-0.4, -0.2) is 5.05 Å². The van der Waals surface area contributed by atoms with E-state index in [4.69, 9.17) is 17.0 Å². The lowest BCUT2D eigenvalue weighted by Crippen LogP contribution is -2.18. The summed E-state index contributed by atoms with van der Waals surface area (Å²) in [6, 6.07) is 0. The van der Waals surface area contributed by atoms with E-state index in [0.717, 1.165) is 10.8 Å². The Morgan fingerprint density at radius 3 is 2.56 bits per heavy atom. The lowest BCUT2D eigenvalue weighted by atomic mass is 9.90. The van der Waals surface area contributed by atoms with E-state index in [1.807, 2.05) is 25.2 Å². The van der Waals surface area contributed by atoms with Crippen LogP contribution in [0.5, 0.6) is 0 Å². The number of hydrogen-bond donors (Lipinski definition) is 0. The van der Waals surface area contributed by atoms with Crippen molar-refractivity contribution in [2.75, 3.05) is 0 Å². The Labute approximate surface area is 104 Å². The van der Waals surface area contributed by atoms with Gasteiger partial charge in [-0.3, -0.25) is 0 Å². The predicted octanol–water partition coefficient (Wildman–Crippen LogP) is 4.56. The van der Waals surface area contributed by atoms with Gasteiger partial charge in [0.05, 0.1) is 0 Å².